The molecule has 1 aliphatic heterocycles. The van der Waals surface area contributed by atoms with E-state index in [1.54, 1.807) is 0 Å². The van der Waals surface area contributed by atoms with Crippen LogP contribution in [0, 0.1) is 17.6 Å². The van der Waals surface area contributed by atoms with Crippen LogP contribution in [-0.4, -0.2) is 47.8 Å². The molecule has 4 nitrogen and oxygen atoms in total. The van der Waals surface area contributed by atoms with Crippen LogP contribution in [0.4, 0.5) is 8.78 Å². The van der Waals surface area contributed by atoms with E-state index in [0.717, 1.165) is 43.9 Å². The van der Waals surface area contributed by atoms with E-state index in [1.165, 1.54) is 11.3 Å². The molecule has 0 atom stereocenters. The van der Waals surface area contributed by atoms with E-state index >= 15 is 0 Å². The van der Waals surface area contributed by atoms with E-state index in [2.05, 4.69) is 0 Å². The van der Waals surface area contributed by atoms with Gasteiger partial charge in [0.25, 0.3) is 5.91 Å². The zero-order valence-corrected chi connectivity index (χ0v) is 14.3. The van der Waals surface area contributed by atoms with Crippen LogP contribution in [0.1, 0.15) is 48.9 Å². The highest BCUT2D eigenvalue weighted by atomic mass is 19.1. The predicted molar refractivity (Wildman–Crippen MR) is 90.0 cm³/mol. The molecule has 0 bridgehead atoms. The molecule has 6 heteroatoms. The van der Waals surface area contributed by atoms with Crippen molar-refractivity contribution in [1.82, 2.24) is 9.80 Å². The lowest BCUT2D eigenvalue weighted by molar-refractivity contribution is -0.136. The van der Waals surface area contributed by atoms with E-state index in [0.29, 0.717) is 32.6 Å². The van der Waals surface area contributed by atoms with Gasteiger partial charge in [0.05, 0.1) is 5.56 Å². The standard InChI is InChI=1S/C19H24F2N2O2/c20-15-7-8-17(21)16(13-15)19(25)23-10-4-9-22(11-12-23)18(24)14-5-2-1-3-6-14/h7-8,13-14H,1-6,9-12H2. The zero-order chi connectivity index (χ0) is 17.8. The third-order valence-electron chi connectivity index (χ3n) is 5.21. The minimum absolute atomic E-state index is 0.108. The zero-order valence-electron chi connectivity index (χ0n) is 14.3. The summed E-state index contributed by atoms with van der Waals surface area (Å²) in [6, 6.07) is 2.91. The highest BCUT2D eigenvalue weighted by Crippen LogP contribution is 2.26. The summed E-state index contributed by atoms with van der Waals surface area (Å²) in [5.41, 5.74) is -0.243. The quantitative estimate of drug-likeness (QED) is 0.822. The topological polar surface area (TPSA) is 40.6 Å². The molecule has 2 aliphatic rings. The second-order valence-electron chi connectivity index (χ2n) is 6.93. The van der Waals surface area contributed by atoms with Gasteiger partial charge in [-0.2, -0.15) is 0 Å². The molecule has 0 spiro atoms. The van der Waals surface area contributed by atoms with Crippen molar-refractivity contribution in [2.75, 3.05) is 26.2 Å². The number of halogens is 2. The molecule has 0 unspecified atom stereocenters. The third-order valence-corrected chi connectivity index (χ3v) is 5.21. The lowest BCUT2D eigenvalue weighted by Gasteiger charge is -2.28. The Morgan fingerprint density at radius 2 is 1.56 bits per heavy atom. The molecule has 1 aromatic carbocycles. The first-order chi connectivity index (χ1) is 12.1. The van der Waals surface area contributed by atoms with Gasteiger partial charge in [-0.05, 0) is 37.5 Å². The Kier molecular flexibility index (Phi) is 5.66. The highest BCUT2D eigenvalue weighted by Gasteiger charge is 2.29. The van der Waals surface area contributed by atoms with Gasteiger partial charge in [-0.1, -0.05) is 19.3 Å². The Balaban J connectivity index is 1.64. The Bertz CT molecular complexity index is 644. The summed E-state index contributed by atoms with van der Waals surface area (Å²) in [5, 5.41) is 0. The number of hydrogen-bond acceptors (Lipinski definition) is 2. The number of nitrogens with zero attached hydrogens (tertiary/aromatic N) is 2. The molecule has 1 aromatic rings. The van der Waals surface area contributed by atoms with Gasteiger partial charge in [-0.3, -0.25) is 9.59 Å². The lowest BCUT2D eigenvalue weighted by atomic mass is 9.88. The first-order valence-corrected chi connectivity index (χ1v) is 9.09. The molecular formula is C19H24F2N2O2. The first kappa shape index (κ1) is 17.8. The van der Waals surface area contributed by atoms with Crippen molar-refractivity contribution in [2.24, 2.45) is 5.92 Å². The van der Waals surface area contributed by atoms with E-state index < -0.39 is 17.5 Å². The van der Waals surface area contributed by atoms with Crippen LogP contribution >= 0.6 is 0 Å². The minimum atomic E-state index is -0.717. The van der Waals surface area contributed by atoms with Crippen LogP contribution in [0.25, 0.3) is 0 Å². The van der Waals surface area contributed by atoms with Gasteiger partial charge >= 0.3 is 0 Å². The summed E-state index contributed by atoms with van der Waals surface area (Å²) in [6.45, 7) is 1.87. The maximum Gasteiger partial charge on any atom is 0.256 e. The van der Waals surface area contributed by atoms with Gasteiger partial charge in [0, 0.05) is 32.1 Å². The van der Waals surface area contributed by atoms with Crippen molar-refractivity contribution < 1.29 is 18.4 Å². The maximum absolute atomic E-state index is 13.8. The molecule has 1 saturated heterocycles. The van der Waals surface area contributed by atoms with Crippen molar-refractivity contribution in [3.63, 3.8) is 0 Å². The van der Waals surface area contributed by atoms with Crippen molar-refractivity contribution >= 4 is 11.8 Å². The van der Waals surface area contributed by atoms with Crippen molar-refractivity contribution in [3.8, 4) is 0 Å². The van der Waals surface area contributed by atoms with Crippen molar-refractivity contribution in [2.45, 2.75) is 38.5 Å². The second kappa shape index (κ2) is 7.93. The molecule has 136 valence electrons. The number of benzene rings is 1. The molecule has 1 aliphatic carbocycles. The van der Waals surface area contributed by atoms with Gasteiger partial charge in [-0.15, -0.1) is 0 Å². The predicted octanol–water partition coefficient (Wildman–Crippen LogP) is 3.22. The highest BCUT2D eigenvalue weighted by molar-refractivity contribution is 5.94. The summed E-state index contributed by atoms with van der Waals surface area (Å²) >= 11 is 0. The van der Waals surface area contributed by atoms with Crippen LogP contribution in [0.15, 0.2) is 18.2 Å². The average Bonchev–Trinajstić information content (AvgIpc) is 2.89. The number of carbonyl (C=O) groups is 2. The van der Waals surface area contributed by atoms with Crippen LogP contribution in [0.3, 0.4) is 0 Å². The van der Waals surface area contributed by atoms with Crippen LogP contribution in [-0.2, 0) is 4.79 Å². The fourth-order valence-corrected chi connectivity index (χ4v) is 3.78. The number of hydrogen-bond donors (Lipinski definition) is 0. The van der Waals surface area contributed by atoms with E-state index in [4.69, 9.17) is 0 Å². The van der Waals surface area contributed by atoms with Crippen LogP contribution < -0.4 is 0 Å². The molecule has 2 fully saturated rings. The summed E-state index contributed by atoms with van der Waals surface area (Å²) in [6.07, 6.45) is 5.97. The Morgan fingerprint density at radius 1 is 0.880 bits per heavy atom. The van der Waals surface area contributed by atoms with Gasteiger partial charge < -0.3 is 9.80 Å². The molecule has 0 aromatic heterocycles. The van der Waals surface area contributed by atoms with Gasteiger partial charge in [0.1, 0.15) is 11.6 Å². The second-order valence-corrected chi connectivity index (χ2v) is 6.93. The van der Waals surface area contributed by atoms with Crippen LogP contribution in [0.5, 0.6) is 0 Å². The summed E-state index contributed by atoms with van der Waals surface area (Å²) in [7, 11) is 0. The normalized spacial score (nSPS) is 19.6. The van der Waals surface area contributed by atoms with Gasteiger partial charge in [0.15, 0.2) is 0 Å². The molecular weight excluding hydrogens is 326 g/mol. The van der Waals surface area contributed by atoms with E-state index in [-0.39, 0.29) is 17.4 Å². The molecule has 0 N–H and O–H groups in total. The largest absolute Gasteiger partial charge is 0.341 e. The maximum atomic E-state index is 13.8. The molecule has 0 radical (unpaired) electrons. The Hall–Kier alpha value is -1.98. The Morgan fingerprint density at radius 3 is 2.32 bits per heavy atom. The molecule has 3 rings (SSSR count). The third kappa shape index (κ3) is 4.17. The monoisotopic (exact) mass is 350 g/mol. The SMILES string of the molecule is O=C(c1cc(F)ccc1F)N1CCCN(C(=O)C2CCCCC2)CC1. The number of rotatable bonds is 2. The minimum Gasteiger partial charge on any atom is -0.341 e. The smallest absolute Gasteiger partial charge is 0.256 e. The lowest BCUT2D eigenvalue weighted by Crippen LogP contribution is -2.40. The van der Waals surface area contributed by atoms with Crippen LogP contribution in [0.2, 0.25) is 0 Å². The van der Waals surface area contributed by atoms with E-state index in [9.17, 15) is 18.4 Å². The van der Waals surface area contributed by atoms with E-state index in [1.807, 2.05) is 4.90 Å². The van der Waals surface area contributed by atoms with Crippen molar-refractivity contribution in [3.05, 3.63) is 35.4 Å². The average molecular weight is 350 g/mol. The molecule has 2 amide bonds. The fraction of sp³-hybridized carbons (Fsp3) is 0.579. The number of amides is 2. The fourth-order valence-electron chi connectivity index (χ4n) is 3.78. The number of carbonyl (C=O) groups excluding carboxylic acids is 2. The molecule has 1 heterocycles. The molecule has 25 heavy (non-hydrogen) atoms. The van der Waals surface area contributed by atoms with Gasteiger partial charge in [-0.25, -0.2) is 8.78 Å². The van der Waals surface area contributed by atoms with Gasteiger partial charge in [0.2, 0.25) is 5.91 Å². The summed E-state index contributed by atoms with van der Waals surface area (Å²) in [5.74, 6) is -1.56. The summed E-state index contributed by atoms with van der Waals surface area (Å²) < 4.78 is 27.2. The van der Waals surface area contributed by atoms with Crippen molar-refractivity contribution in [1.29, 1.82) is 0 Å². The first-order valence-electron chi connectivity index (χ1n) is 9.09. The Labute approximate surface area is 146 Å². The summed E-state index contributed by atoms with van der Waals surface area (Å²) in [4.78, 5) is 28.5. The molecule has 1 saturated carbocycles.